The zero-order valence-electron chi connectivity index (χ0n) is 16.3. The van der Waals surface area contributed by atoms with Crippen LogP contribution in [0.2, 0.25) is 0 Å². The third-order valence-corrected chi connectivity index (χ3v) is 5.75. The van der Waals surface area contributed by atoms with Gasteiger partial charge in [-0.3, -0.25) is 0 Å². The zero-order valence-corrected chi connectivity index (χ0v) is 17.2. The molecule has 0 spiro atoms. The molecule has 0 radical (unpaired) electrons. The van der Waals surface area contributed by atoms with Gasteiger partial charge in [0.05, 0.1) is 31.8 Å². The maximum atomic E-state index is 10.1. The first-order chi connectivity index (χ1) is 13.6. The summed E-state index contributed by atoms with van der Waals surface area (Å²) < 4.78 is 15.9. The summed E-state index contributed by atoms with van der Waals surface area (Å²) in [5.74, 6) is 1.58. The molecule has 2 unspecified atom stereocenters. The quantitative estimate of drug-likeness (QED) is 0.535. The van der Waals surface area contributed by atoms with Gasteiger partial charge in [-0.15, -0.1) is 11.3 Å². The average Bonchev–Trinajstić information content (AvgIpc) is 3.36. The summed E-state index contributed by atoms with van der Waals surface area (Å²) in [4.78, 5) is 5.86. The number of aliphatic hydroxyl groups excluding tert-OH is 1. The minimum absolute atomic E-state index is 0.0872. The Morgan fingerprint density at radius 1 is 1.25 bits per heavy atom. The molecule has 2 N–H and O–H groups in total. The van der Waals surface area contributed by atoms with Crippen molar-refractivity contribution >= 4 is 11.3 Å². The van der Waals surface area contributed by atoms with Gasteiger partial charge in [0.25, 0.3) is 0 Å². The Morgan fingerprint density at radius 3 is 2.71 bits per heavy atom. The van der Waals surface area contributed by atoms with E-state index < -0.39 is 6.10 Å². The molecule has 0 amide bonds. The van der Waals surface area contributed by atoms with E-state index in [0.717, 1.165) is 32.7 Å². The van der Waals surface area contributed by atoms with E-state index in [2.05, 4.69) is 12.2 Å². The van der Waals surface area contributed by atoms with Crippen molar-refractivity contribution in [3.8, 4) is 16.3 Å². The topological polar surface area (TPSA) is 76.8 Å². The summed E-state index contributed by atoms with van der Waals surface area (Å²) in [5.41, 5.74) is 2.07. The predicted octanol–water partition coefficient (Wildman–Crippen LogP) is 3.95. The van der Waals surface area contributed by atoms with Crippen LogP contribution < -0.4 is 10.1 Å². The number of thiazole rings is 1. The van der Waals surface area contributed by atoms with Gasteiger partial charge in [0.1, 0.15) is 23.1 Å². The average molecular weight is 403 g/mol. The van der Waals surface area contributed by atoms with E-state index in [0.29, 0.717) is 13.2 Å². The van der Waals surface area contributed by atoms with Crippen molar-refractivity contribution in [1.82, 2.24) is 10.3 Å². The molecule has 0 fully saturated rings. The van der Waals surface area contributed by atoms with E-state index in [4.69, 9.17) is 18.9 Å². The van der Waals surface area contributed by atoms with Gasteiger partial charge in [-0.25, -0.2) is 4.98 Å². The summed E-state index contributed by atoms with van der Waals surface area (Å²) in [5, 5.41) is 14.5. The molecule has 0 aliphatic carbocycles. The summed E-state index contributed by atoms with van der Waals surface area (Å²) in [6.07, 6.45) is 1.02. The monoisotopic (exact) mass is 402 g/mol. The molecule has 2 heterocycles. The number of aliphatic hydroxyl groups is 1. The minimum atomic E-state index is -0.591. The normalized spacial score (nSPS) is 13.4. The molecule has 0 aliphatic heterocycles. The second-order valence-electron chi connectivity index (χ2n) is 6.58. The molecule has 6 nitrogen and oxygen atoms in total. The largest absolute Gasteiger partial charge is 0.497 e. The number of ether oxygens (including phenoxy) is 2. The van der Waals surface area contributed by atoms with Crippen LogP contribution in [-0.4, -0.2) is 36.5 Å². The van der Waals surface area contributed by atoms with E-state index in [-0.39, 0.29) is 12.6 Å². The fraction of sp³-hybridized carbons (Fsp3) is 0.381. The lowest BCUT2D eigenvalue weighted by Crippen LogP contribution is -2.32. The van der Waals surface area contributed by atoms with Crippen LogP contribution in [0.3, 0.4) is 0 Å². The third kappa shape index (κ3) is 5.42. The van der Waals surface area contributed by atoms with Crippen molar-refractivity contribution in [3.63, 3.8) is 0 Å². The van der Waals surface area contributed by atoms with Crippen molar-refractivity contribution in [2.45, 2.75) is 32.6 Å². The highest BCUT2D eigenvalue weighted by Gasteiger charge is 2.16. The lowest BCUT2D eigenvalue weighted by atomic mass is 10.2. The van der Waals surface area contributed by atoms with Crippen LogP contribution in [0, 0.1) is 6.92 Å². The molecule has 0 saturated carbocycles. The first kappa shape index (κ1) is 20.5. The Morgan fingerprint density at radius 2 is 2.04 bits per heavy atom. The summed E-state index contributed by atoms with van der Waals surface area (Å²) >= 11 is 1.66. The highest BCUT2D eigenvalue weighted by atomic mass is 32.1. The first-order valence-corrected chi connectivity index (χ1v) is 10.0. The Labute approximate surface area is 169 Å². The van der Waals surface area contributed by atoms with Crippen LogP contribution in [0.4, 0.5) is 0 Å². The van der Waals surface area contributed by atoms with Gasteiger partial charge in [0.2, 0.25) is 0 Å². The molecular weight excluding hydrogens is 376 g/mol. The molecule has 1 aromatic carbocycles. The molecule has 28 heavy (non-hydrogen) atoms. The van der Waals surface area contributed by atoms with Gasteiger partial charge in [0.15, 0.2) is 0 Å². The molecule has 0 bridgehead atoms. The molecule has 7 heteroatoms. The molecule has 3 aromatic rings. The van der Waals surface area contributed by atoms with Crippen molar-refractivity contribution in [1.29, 1.82) is 0 Å². The highest BCUT2D eigenvalue weighted by molar-refractivity contribution is 7.15. The lowest BCUT2D eigenvalue weighted by molar-refractivity contribution is 0.0217. The Kier molecular flexibility index (Phi) is 7.22. The van der Waals surface area contributed by atoms with Crippen LogP contribution in [0.1, 0.15) is 29.3 Å². The summed E-state index contributed by atoms with van der Waals surface area (Å²) in [6, 6.07) is 11.6. The van der Waals surface area contributed by atoms with Crippen molar-refractivity contribution in [2.24, 2.45) is 0 Å². The predicted molar refractivity (Wildman–Crippen MR) is 110 cm³/mol. The Bertz CT molecular complexity index is 846. The number of methoxy groups -OCH3 is 1. The van der Waals surface area contributed by atoms with Crippen LogP contribution in [0.15, 0.2) is 47.1 Å². The van der Waals surface area contributed by atoms with Gasteiger partial charge in [-0.05, 0) is 50.2 Å². The Hall–Kier alpha value is -2.19. The van der Waals surface area contributed by atoms with Gasteiger partial charge in [0, 0.05) is 23.0 Å². The van der Waals surface area contributed by atoms with E-state index in [1.54, 1.807) is 24.7 Å². The highest BCUT2D eigenvalue weighted by Crippen LogP contribution is 2.32. The fourth-order valence-electron chi connectivity index (χ4n) is 2.82. The van der Waals surface area contributed by atoms with Gasteiger partial charge in [-0.1, -0.05) is 0 Å². The SMILES string of the molecule is COc1ccc(-c2nc(C)c(C(C)NCC(O)COCc3ccco3)s2)cc1. The standard InChI is InChI=1S/C21H26N2O4S/c1-14(22-11-17(24)12-26-13-19-5-4-10-27-19)20-15(2)23-21(28-20)16-6-8-18(25-3)9-7-16/h4-10,14,17,22,24H,11-13H2,1-3H3. The van der Waals surface area contributed by atoms with Crippen molar-refractivity contribution in [3.05, 3.63) is 59.0 Å². The lowest BCUT2D eigenvalue weighted by Gasteiger charge is -2.16. The van der Waals surface area contributed by atoms with Gasteiger partial charge < -0.3 is 24.3 Å². The van der Waals surface area contributed by atoms with Crippen LogP contribution >= 0.6 is 11.3 Å². The number of nitrogens with zero attached hydrogens (tertiary/aromatic N) is 1. The summed E-state index contributed by atoms with van der Waals surface area (Å²) in [6.45, 7) is 5.14. The number of aryl methyl sites for hydroxylation is 1. The number of hydrogen-bond donors (Lipinski definition) is 2. The van der Waals surface area contributed by atoms with E-state index >= 15 is 0 Å². The number of hydrogen-bond acceptors (Lipinski definition) is 7. The van der Waals surface area contributed by atoms with Gasteiger partial charge >= 0.3 is 0 Å². The third-order valence-electron chi connectivity index (χ3n) is 4.36. The number of rotatable bonds is 10. The van der Waals surface area contributed by atoms with Crippen molar-refractivity contribution < 1.29 is 19.0 Å². The van der Waals surface area contributed by atoms with Crippen LogP contribution in [-0.2, 0) is 11.3 Å². The fourth-order valence-corrected chi connectivity index (χ4v) is 3.92. The molecule has 3 rings (SSSR count). The molecule has 0 aliphatic rings. The first-order valence-electron chi connectivity index (χ1n) is 9.20. The number of nitrogens with one attached hydrogen (secondary N) is 1. The minimum Gasteiger partial charge on any atom is -0.497 e. The number of benzene rings is 1. The smallest absolute Gasteiger partial charge is 0.129 e. The summed E-state index contributed by atoms with van der Waals surface area (Å²) in [7, 11) is 1.66. The number of furan rings is 1. The maximum Gasteiger partial charge on any atom is 0.129 e. The van der Waals surface area contributed by atoms with E-state index in [9.17, 15) is 5.11 Å². The second kappa shape index (κ2) is 9.84. The van der Waals surface area contributed by atoms with Crippen LogP contribution in [0.5, 0.6) is 5.75 Å². The van der Waals surface area contributed by atoms with Crippen LogP contribution in [0.25, 0.3) is 10.6 Å². The number of aromatic nitrogens is 1. The van der Waals surface area contributed by atoms with E-state index in [1.807, 2.05) is 43.3 Å². The second-order valence-corrected chi connectivity index (χ2v) is 7.61. The molecular formula is C21H26N2O4S. The van der Waals surface area contributed by atoms with Gasteiger partial charge in [-0.2, -0.15) is 0 Å². The maximum absolute atomic E-state index is 10.1. The molecule has 2 atom stereocenters. The zero-order chi connectivity index (χ0) is 19.9. The molecule has 0 saturated heterocycles. The molecule has 2 aromatic heterocycles. The van der Waals surface area contributed by atoms with E-state index in [1.165, 1.54) is 0 Å². The molecule has 150 valence electrons. The van der Waals surface area contributed by atoms with Crippen molar-refractivity contribution in [2.75, 3.05) is 20.3 Å². The Balaban J connectivity index is 1.50.